The van der Waals surface area contributed by atoms with E-state index in [0.717, 1.165) is 17.1 Å². The molecule has 1 heterocycles. The first-order chi connectivity index (χ1) is 15.4. The lowest BCUT2D eigenvalue weighted by molar-refractivity contribution is 0.487. The third-order valence-electron chi connectivity index (χ3n) is 6.46. The summed E-state index contributed by atoms with van der Waals surface area (Å²) in [5.74, 6) is 1.85. The molecule has 1 aliphatic rings. The second-order valence-electron chi connectivity index (χ2n) is 8.13. The fourth-order valence-electron chi connectivity index (χ4n) is 5.09. The van der Waals surface area contributed by atoms with Crippen LogP contribution in [0.25, 0.3) is 54.6 Å². The first kappa shape index (κ1) is 16.7. The van der Waals surface area contributed by atoms with E-state index in [1.807, 2.05) is 12.1 Å². The van der Waals surface area contributed by atoms with Crippen molar-refractivity contribution in [3.63, 3.8) is 0 Å². The van der Waals surface area contributed by atoms with Gasteiger partial charge in [0.05, 0.1) is 0 Å². The van der Waals surface area contributed by atoms with Crippen LogP contribution in [0.15, 0.2) is 109 Å². The maximum absolute atomic E-state index is 6.30. The minimum atomic E-state index is 0.923. The first-order valence-corrected chi connectivity index (χ1v) is 10.6. The average molecular weight is 394 g/mol. The number of rotatable bonds is 1. The second-order valence-corrected chi connectivity index (χ2v) is 8.13. The van der Waals surface area contributed by atoms with Gasteiger partial charge in [-0.15, -0.1) is 0 Å². The number of hydrogen-bond acceptors (Lipinski definition) is 1. The Morgan fingerprint density at radius 3 is 2.03 bits per heavy atom. The van der Waals surface area contributed by atoms with Crippen LogP contribution in [0.2, 0.25) is 0 Å². The van der Waals surface area contributed by atoms with Gasteiger partial charge in [0.2, 0.25) is 0 Å². The van der Waals surface area contributed by atoms with E-state index >= 15 is 0 Å². The Labute approximate surface area is 180 Å². The molecule has 0 saturated carbocycles. The third kappa shape index (κ3) is 2.32. The Hall–Kier alpha value is -4.10. The van der Waals surface area contributed by atoms with Gasteiger partial charge in [0, 0.05) is 10.9 Å². The highest BCUT2D eigenvalue weighted by Gasteiger charge is 2.21. The molecular weight excluding hydrogens is 376 g/mol. The maximum atomic E-state index is 6.30. The van der Waals surface area contributed by atoms with Crippen molar-refractivity contribution < 1.29 is 4.74 Å². The SMILES string of the molecule is c1ccc2c(c1)Oc1ccc(-c3cc4ccccc4c4ccccc34)c3cccc-2c13. The lowest BCUT2D eigenvalue weighted by Gasteiger charge is -2.23. The van der Waals surface area contributed by atoms with Crippen LogP contribution < -0.4 is 4.74 Å². The minimum Gasteiger partial charge on any atom is -0.456 e. The summed E-state index contributed by atoms with van der Waals surface area (Å²) in [6.45, 7) is 0. The van der Waals surface area contributed by atoms with Crippen LogP contribution >= 0.6 is 0 Å². The standard InChI is InChI=1S/C30H18O/c1-2-9-20-19(8-1)18-27(22-11-4-3-10-21(20)22)23-16-17-29-30-25(23)13-7-14-26(30)24-12-5-6-15-28(24)31-29/h1-18H. The van der Waals surface area contributed by atoms with Gasteiger partial charge < -0.3 is 4.74 Å². The molecule has 1 aliphatic heterocycles. The van der Waals surface area contributed by atoms with Crippen molar-refractivity contribution in [3.05, 3.63) is 109 Å². The zero-order valence-electron chi connectivity index (χ0n) is 16.8. The summed E-state index contributed by atoms with van der Waals surface area (Å²) >= 11 is 0. The molecule has 0 N–H and O–H groups in total. The zero-order valence-corrected chi connectivity index (χ0v) is 16.8. The van der Waals surface area contributed by atoms with Gasteiger partial charge in [0.25, 0.3) is 0 Å². The largest absolute Gasteiger partial charge is 0.456 e. The van der Waals surface area contributed by atoms with Crippen LogP contribution in [-0.4, -0.2) is 0 Å². The molecule has 144 valence electrons. The van der Waals surface area contributed by atoms with Crippen LogP contribution in [0.1, 0.15) is 0 Å². The first-order valence-electron chi connectivity index (χ1n) is 10.6. The van der Waals surface area contributed by atoms with Crippen LogP contribution in [0, 0.1) is 0 Å². The highest BCUT2D eigenvalue weighted by atomic mass is 16.5. The van der Waals surface area contributed by atoms with E-state index in [0.29, 0.717) is 0 Å². The molecule has 7 rings (SSSR count). The molecule has 0 bridgehead atoms. The van der Waals surface area contributed by atoms with Gasteiger partial charge in [-0.2, -0.15) is 0 Å². The molecule has 0 saturated heterocycles. The van der Waals surface area contributed by atoms with Crippen molar-refractivity contribution >= 4 is 32.3 Å². The Balaban J connectivity index is 1.61. The van der Waals surface area contributed by atoms with Crippen LogP contribution in [0.3, 0.4) is 0 Å². The van der Waals surface area contributed by atoms with E-state index in [2.05, 4.69) is 97.1 Å². The van der Waals surface area contributed by atoms with E-state index in [1.54, 1.807) is 0 Å². The van der Waals surface area contributed by atoms with Crippen molar-refractivity contribution in [2.75, 3.05) is 0 Å². The summed E-state index contributed by atoms with van der Waals surface area (Å²) in [6.07, 6.45) is 0. The Bertz CT molecular complexity index is 1660. The predicted molar refractivity (Wildman–Crippen MR) is 130 cm³/mol. The lowest BCUT2D eigenvalue weighted by Crippen LogP contribution is -1.97. The molecule has 0 spiro atoms. The summed E-state index contributed by atoms with van der Waals surface area (Å²) < 4.78 is 6.30. The van der Waals surface area contributed by atoms with Crippen LogP contribution in [0.4, 0.5) is 0 Å². The van der Waals surface area contributed by atoms with Crippen molar-refractivity contribution in [1.29, 1.82) is 0 Å². The molecule has 0 fully saturated rings. The fraction of sp³-hybridized carbons (Fsp3) is 0. The molecule has 0 radical (unpaired) electrons. The summed E-state index contributed by atoms with van der Waals surface area (Å²) in [4.78, 5) is 0. The van der Waals surface area contributed by atoms with Crippen LogP contribution in [0.5, 0.6) is 11.5 Å². The number of ether oxygens (including phenoxy) is 1. The number of fused-ring (bicyclic) bond motifs is 5. The van der Waals surface area contributed by atoms with Gasteiger partial charge in [0.15, 0.2) is 0 Å². The minimum absolute atomic E-state index is 0.923. The van der Waals surface area contributed by atoms with E-state index in [-0.39, 0.29) is 0 Å². The Morgan fingerprint density at radius 1 is 0.387 bits per heavy atom. The molecule has 6 aromatic carbocycles. The second kappa shape index (κ2) is 6.20. The van der Waals surface area contributed by atoms with Gasteiger partial charge in [-0.25, -0.2) is 0 Å². The van der Waals surface area contributed by atoms with Crippen molar-refractivity contribution in [2.45, 2.75) is 0 Å². The van der Waals surface area contributed by atoms with Crippen LogP contribution in [-0.2, 0) is 0 Å². The van der Waals surface area contributed by atoms with Gasteiger partial charge >= 0.3 is 0 Å². The average Bonchev–Trinajstić information content (AvgIpc) is 2.84. The van der Waals surface area contributed by atoms with E-state index in [4.69, 9.17) is 4.74 Å². The maximum Gasteiger partial charge on any atom is 0.135 e. The lowest BCUT2D eigenvalue weighted by atomic mass is 9.88. The third-order valence-corrected chi connectivity index (χ3v) is 6.46. The highest BCUT2D eigenvalue weighted by Crippen LogP contribution is 2.49. The Kier molecular flexibility index (Phi) is 3.33. The molecule has 0 atom stereocenters. The zero-order chi connectivity index (χ0) is 20.4. The van der Waals surface area contributed by atoms with Crippen molar-refractivity contribution in [3.8, 4) is 33.8 Å². The number of para-hydroxylation sites is 1. The number of hydrogen-bond donors (Lipinski definition) is 0. The van der Waals surface area contributed by atoms with Crippen molar-refractivity contribution in [1.82, 2.24) is 0 Å². The fourth-order valence-corrected chi connectivity index (χ4v) is 5.09. The van der Waals surface area contributed by atoms with E-state index < -0.39 is 0 Å². The molecular formula is C30H18O. The smallest absolute Gasteiger partial charge is 0.135 e. The van der Waals surface area contributed by atoms with Gasteiger partial charge in [-0.1, -0.05) is 91.0 Å². The summed E-state index contributed by atoms with van der Waals surface area (Å²) in [6, 6.07) is 38.9. The Morgan fingerprint density at radius 2 is 1.10 bits per heavy atom. The van der Waals surface area contributed by atoms with Gasteiger partial charge in [-0.3, -0.25) is 0 Å². The summed E-state index contributed by atoms with van der Waals surface area (Å²) in [7, 11) is 0. The highest BCUT2D eigenvalue weighted by molar-refractivity contribution is 6.18. The molecule has 0 aromatic heterocycles. The topological polar surface area (TPSA) is 9.23 Å². The van der Waals surface area contributed by atoms with Crippen molar-refractivity contribution in [2.24, 2.45) is 0 Å². The molecule has 6 aromatic rings. The quantitative estimate of drug-likeness (QED) is 0.253. The molecule has 1 nitrogen and oxygen atoms in total. The van der Waals surface area contributed by atoms with E-state index in [1.165, 1.54) is 49.0 Å². The molecule has 0 unspecified atom stereocenters. The molecule has 1 heteroatoms. The summed E-state index contributed by atoms with van der Waals surface area (Å²) in [5.41, 5.74) is 4.89. The predicted octanol–water partition coefficient (Wildman–Crippen LogP) is 8.59. The van der Waals surface area contributed by atoms with Gasteiger partial charge in [-0.05, 0) is 61.8 Å². The molecule has 31 heavy (non-hydrogen) atoms. The monoisotopic (exact) mass is 394 g/mol. The summed E-state index contributed by atoms with van der Waals surface area (Å²) in [5, 5.41) is 7.54. The number of benzene rings is 6. The molecule has 0 aliphatic carbocycles. The normalized spacial score (nSPS) is 12.1. The van der Waals surface area contributed by atoms with E-state index in [9.17, 15) is 0 Å². The van der Waals surface area contributed by atoms with Gasteiger partial charge in [0.1, 0.15) is 11.5 Å². The molecule has 0 amide bonds.